The van der Waals surface area contributed by atoms with Gasteiger partial charge in [-0.15, -0.1) is 0 Å². The van der Waals surface area contributed by atoms with Crippen molar-refractivity contribution in [1.29, 1.82) is 0 Å². The highest BCUT2D eigenvalue weighted by molar-refractivity contribution is 6.34. The minimum absolute atomic E-state index is 0.0260. The molecule has 0 amide bonds. The second kappa shape index (κ2) is 9.79. The first kappa shape index (κ1) is 24.3. The quantitative estimate of drug-likeness (QED) is 0.504. The van der Waals surface area contributed by atoms with Crippen LogP contribution in [-0.2, 0) is 6.18 Å². The van der Waals surface area contributed by atoms with Crippen molar-refractivity contribution < 1.29 is 13.2 Å². The van der Waals surface area contributed by atoms with E-state index in [-0.39, 0.29) is 22.1 Å². The number of fused-ring (bicyclic) bond motifs is 1. The molecule has 0 saturated carbocycles. The van der Waals surface area contributed by atoms with Crippen molar-refractivity contribution in [2.45, 2.75) is 25.4 Å². The number of hydrogen-bond donors (Lipinski definition) is 2. The van der Waals surface area contributed by atoms with Crippen molar-refractivity contribution in [2.75, 3.05) is 56.2 Å². The first-order valence-corrected chi connectivity index (χ1v) is 11.5. The van der Waals surface area contributed by atoms with Crippen LogP contribution in [0.1, 0.15) is 24.8 Å². The third-order valence-electron chi connectivity index (χ3n) is 5.74. The maximum atomic E-state index is 13.7. The smallest absolute Gasteiger partial charge is 0.384 e. The van der Waals surface area contributed by atoms with E-state index in [9.17, 15) is 13.2 Å². The molecule has 11 heteroatoms. The zero-order valence-corrected chi connectivity index (χ0v) is 19.8. The van der Waals surface area contributed by atoms with Gasteiger partial charge < -0.3 is 20.9 Å². The number of halogens is 4. The third-order valence-corrected chi connectivity index (χ3v) is 6.05. The Hall–Kier alpha value is -2.85. The Kier molecular flexibility index (Phi) is 6.99. The summed E-state index contributed by atoms with van der Waals surface area (Å²) in [5.41, 5.74) is 5.11. The molecule has 1 aromatic carbocycles. The van der Waals surface area contributed by atoms with Gasteiger partial charge in [0.1, 0.15) is 11.6 Å². The van der Waals surface area contributed by atoms with Crippen LogP contribution in [-0.4, -0.2) is 60.1 Å². The summed E-state index contributed by atoms with van der Waals surface area (Å²) in [5.74, 6) is 1.11. The molecule has 2 aromatic heterocycles. The second-order valence-electron chi connectivity index (χ2n) is 8.63. The summed E-state index contributed by atoms with van der Waals surface area (Å²) in [6.07, 6.45) is -1.37. The van der Waals surface area contributed by atoms with Gasteiger partial charge in [0.2, 0.25) is 5.95 Å². The van der Waals surface area contributed by atoms with E-state index in [1.165, 1.54) is 0 Å². The van der Waals surface area contributed by atoms with Crippen LogP contribution in [0.15, 0.2) is 24.3 Å². The number of nitrogens with zero attached hydrogens (tertiary/aromatic N) is 5. The van der Waals surface area contributed by atoms with Gasteiger partial charge in [0.15, 0.2) is 0 Å². The molecular weight excluding hydrogens is 467 g/mol. The van der Waals surface area contributed by atoms with Gasteiger partial charge in [-0.25, -0.2) is 9.97 Å². The van der Waals surface area contributed by atoms with Crippen molar-refractivity contribution in [3.63, 3.8) is 0 Å². The number of pyridine rings is 1. The van der Waals surface area contributed by atoms with Gasteiger partial charge in [-0.2, -0.15) is 18.2 Å². The number of alkyl halides is 3. The first-order valence-electron chi connectivity index (χ1n) is 11.1. The highest BCUT2D eigenvalue weighted by atomic mass is 35.5. The fourth-order valence-electron chi connectivity index (χ4n) is 4.04. The number of anilines is 3. The maximum absolute atomic E-state index is 13.7. The largest absolute Gasteiger partial charge is 0.418 e. The topological polar surface area (TPSA) is 83.2 Å². The van der Waals surface area contributed by atoms with E-state index in [1.807, 2.05) is 19.0 Å². The Morgan fingerprint density at radius 3 is 2.50 bits per heavy atom. The molecule has 1 aliphatic heterocycles. The van der Waals surface area contributed by atoms with E-state index in [0.29, 0.717) is 23.4 Å². The lowest BCUT2D eigenvalue weighted by Crippen LogP contribution is -2.31. The summed E-state index contributed by atoms with van der Waals surface area (Å²) >= 11 is 6.54. The number of rotatable bonds is 6. The molecule has 0 atom stereocenters. The fourth-order valence-corrected chi connectivity index (χ4v) is 4.29. The predicted molar refractivity (Wildman–Crippen MR) is 130 cm³/mol. The van der Waals surface area contributed by atoms with Crippen LogP contribution in [0.25, 0.3) is 22.2 Å². The summed E-state index contributed by atoms with van der Waals surface area (Å²) in [6.45, 7) is 3.08. The van der Waals surface area contributed by atoms with E-state index in [0.717, 1.165) is 56.8 Å². The predicted octanol–water partition coefficient (Wildman–Crippen LogP) is 4.91. The molecule has 182 valence electrons. The van der Waals surface area contributed by atoms with Crippen LogP contribution < -0.4 is 16.0 Å². The average Bonchev–Trinajstić information content (AvgIpc) is 2.78. The highest BCUT2D eigenvalue weighted by Crippen LogP contribution is 2.41. The van der Waals surface area contributed by atoms with Crippen LogP contribution in [0.2, 0.25) is 5.02 Å². The molecule has 1 saturated heterocycles. The van der Waals surface area contributed by atoms with E-state index in [1.54, 1.807) is 12.1 Å². The van der Waals surface area contributed by atoms with Gasteiger partial charge in [-0.1, -0.05) is 11.6 Å². The molecule has 4 rings (SSSR count). The molecule has 3 heterocycles. The summed E-state index contributed by atoms with van der Waals surface area (Å²) in [6, 6.07) is 5.22. The van der Waals surface area contributed by atoms with Gasteiger partial charge in [-0.05, 0) is 57.6 Å². The van der Waals surface area contributed by atoms with E-state index < -0.39 is 11.7 Å². The molecule has 0 spiro atoms. The molecule has 7 nitrogen and oxygen atoms in total. The molecule has 0 radical (unpaired) electrons. The molecule has 0 bridgehead atoms. The van der Waals surface area contributed by atoms with Gasteiger partial charge in [-0.3, -0.25) is 0 Å². The third kappa shape index (κ3) is 5.28. The normalized spacial score (nSPS) is 14.7. The van der Waals surface area contributed by atoms with Gasteiger partial charge in [0, 0.05) is 37.1 Å². The van der Waals surface area contributed by atoms with Gasteiger partial charge >= 0.3 is 6.18 Å². The zero-order valence-electron chi connectivity index (χ0n) is 19.1. The van der Waals surface area contributed by atoms with Crippen molar-refractivity contribution in [1.82, 2.24) is 19.9 Å². The van der Waals surface area contributed by atoms with Gasteiger partial charge in [0.25, 0.3) is 0 Å². The maximum Gasteiger partial charge on any atom is 0.418 e. The van der Waals surface area contributed by atoms with Crippen LogP contribution in [0.4, 0.5) is 30.8 Å². The number of aromatic nitrogens is 3. The van der Waals surface area contributed by atoms with Crippen molar-refractivity contribution in [3.8, 4) is 11.3 Å². The van der Waals surface area contributed by atoms with Gasteiger partial charge in [0.05, 0.1) is 21.8 Å². The Labute approximate surface area is 201 Å². The summed E-state index contributed by atoms with van der Waals surface area (Å²) in [7, 11) is 3.93. The minimum Gasteiger partial charge on any atom is -0.384 e. The Bertz CT molecular complexity index is 1180. The Morgan fingerprint density at radius 1 is 1.09 bits per heavy atom. The van der Waals surface area contributed by atoms with E-state index in [4.69, 9.17) is 22.3 Å². The number of hydrogen-bond acceptors (Lipinski definition) is 7. The van der Waals surface area contributed by atoms with Crippen molar-refractivity contribution in [3.05, 3.63) is 34.9 Å². The monoisotopic (exact) mass is 493 g/mol. The molecule has 3 N–H and O–H groups in total. The van der Waals surface area contributed by atoms with Crippen LogP contribution in [0, 0.1) is 0 Å². The summed E-state index contributed by atoms with van der Waals surface area (Å²) in [5, 5.41) is 4.04. The number of likely N-dealkylation sites (N-methyl/N-ethyl adjacent to an activating group) is 1. The van der Waals surface area contributed by atoms with Crippen LogP contribution in [0.5, 0.6) is 0 Å². The van der Waals surface area contributed by atoms with E-state index in [2.05, 4.69) is 20.2 Å². The average molecular weight is 494 g/mol. The standard InChI is InChI=1S/C23H27ClF3N7/c1-33(2)11-8-29-22-30-18-13-14(20-16(23(25,26)27)6-7-19(28)31-20)17(24)12-15(18)21(32-22)34-9-4-3-5-10-34/h6-7,12-13H,3-5,8-11H2,1-2H3,(H2,28,31)(H,29,30,32). The molecule has 0 aliphatic carbocycles. The number of benzene rings is 1. The highest BCUT2D eigenvalue weighted by Gasteiger charge is 2.35. The summed E-state index contributed by atoms with van der Waals surface area (Å²) < 4.78 is 41.2. The molecule has 3 aromatic rings. The number of nitrogen functional groups attached to an aromatic ring is 1. The molecule has 1 fully saturated rings. The minimum atomic E-state index is -4.61. The first-order chi connectivity index (χ1) is 16.1. The van der Waals surface area contributed by atoms with Crippen molar-refractivity contribution >= 4 is 40.1 Å². The van der Waals surface area contributed by atoms with E-state index >= 15 is 0 Å². The fraction of sp³-hybridized carbons (Fsp3) is 0.435. The Balaban J connectivity index is 1.87. The molecule has 0 unspecified atom stereocenters. The number of nitrogens with one attached hydrogen (secondary N) is 1. The lowest BCUT2D eigenvalue weighted by molar-refractivity contribution is -0.137. The number of piperidine rings is 1. The lowest BCUT2D eigenvalue weighted by atomic mass is 10.0. The Morgan fingerprint density at radius 2 is 1.82 bits per heavy atom. The zero-order chi connectivity index (χ0) is 24.5. The lowest BCUT2D eigenvalue weighted by Gasteiger charge is -2.29. The van der Waals surface area contributed by atoms with Crippen molar-refractivity contribution in [2.24, 2.45) is 0 Å². The second-order valence-corrected chi connectivity index (χ2v) is 9.04. The SMILES string of the molecule is CN(C)CCNc1nc(N2CCCCC2)c2cc(Cl)c(-c3nc(N)ccc3C(F)(F)F)cc2n1. The van der Waals surface area contributed by atoms with Crippen LogP contribution >= 0.6 is 11.6 Å². The molecular formula is C23H27ClF3N7. The molecule has 1 aliphatic rings. The number of nitrogens with two attached hydrogens (primary N) is 1. The van der Waals surface area contributed by atoms with Crippen LogP contribution in [0.3, 0.4) is 0 Å². The molecule has 34 heavy (non-hydrogen) atoms. The summed E-state index contributed by atoms with van der Waals surface area (Å²) in [4.78, 5) is 17.5.